The third-order valence-electron chi connectivity index (χ3n) is 4.13. The average Bonchev–Trinajstić information content (AvgIpc) is 2.34. The van der Waals surface area contributed by atoms with Gasteiger partial charge in [-0.25, -0.2) is 0 Å². The maximum Gasteiger partial charge on any atom is 0.221 e. The van der Waals surface area contributed by atoms with Gasteiger partial charge in [-0.05, 0) is 43.4 Å². The van der Waals surface area contributed by atoms with Gasteiger partial charge in [-0.3, -0.25) is 4.79 Å². The van der Waals surface area contributed by atoms with Crippen LogP contribution in [-0.2, 0) is 4.79 Å². The first-order valence-corrected chi connectivity index (χ1v) is 7.18. The minimum Gasteiger partial charge on any atom is -0.350 e. The lowest BCUT2D eigenvalue weighted by molar-refractivity contribution is -0.125. The summed E-state index contributed by atoms with van der Waals surface area (Å²) in [4.78, 5) is 12.1. The molecule has 1 amide bonds. The van der Waals surface area contributed by atoms with Crippen LogP contribution in [-0.4, -0.2) is 12.5 Å². The number of amides is 1. The lowest BCUT2D eigenvalue weighted by atomic mass is 9.66. The van der Waals surface area contributed by atoms with Crippen molar-refractivity contribution in [3.8, 4) is 0 Å². The first-order valence-electron chi connectivity index (χ1n) is 6.80. The van der Waals surface area contributed by atoms with E-state index < -0.39 is 0 Å². The highest BCUT2D eigenvalue weighted by atomic mass is 35.5. The number of nitrogens with one attached hydrogen (secondary N) is 1. The van der Waals surface area contributed by atoms with E-state index in [9.17, 15) is 4.79 Å². The molecule has 0 saturated heterocycles. The summed E-state index contributed by atoms with van der Waals surface area (Å²) in [5.41, 5.74) is 6.78. The van der Waals surface area contributed by atoms with Crippen molar-refractivity contribution >= 4 is 17.5 Å². The zero-order chi connectivity index (χ0) is 13.9. The number of hydrogen-bond acceptors (Lipinski definition) is 2. The average molecular weight is 281 g/mol. The van der Waals surface area contributed by atoms with E-state index in [1.807, 2.05) is 31.2 Å². The molecule has 1 aliphatic rings. The molecule has 0 unspecified atom stereocenters. The highest BCUT2D eigenvalue weighted by molar-refractivity contribution is 6.31. The van der Waals surface area contributed by atoms with Crippen LogP contribution in [0.2, 0.25) is 5.02 Å². The molecule has 0 aromatic heterocycles. The lowest BCUT2D eigenvalue weighted by Crippen LogP contribution is -2.42. The van der Waals surface area contributed by atoms with Crippen LogP contribution < -0.4 is 11.1 Å². The van der Waals surface area contributed by atoms with Crippen LogP contribution in [0.3, 0.4) is 0 Å². The fourth-order valence-corrected chi connectivity index (χ4v) is 2.97. The molecule has 1 fully saturated rings. The van der Waals surface area contributed by atoms with Gasteiger partial charge in [0.1, 0.15) is 0 Å². The molecule has 104 valence electrons. The molecule has 4 heteroatoms. The van der Waals surface area contributed by atoms with Gasteiger partial charge in [0.05, 0.1) is 6.04 Å². The van der Waals surface area contributed by atoms with Gasteiger partial charge in [0.15, 0.2) is 0 Å². The van der Waals surface area contributed by atoms with Gasteiger partial charge >= 0.3 is 0 Å². The van der Waals surface area contributed by atoms with E-state index in [2.05, 4.69) is 5.32 Å². The van der Waals surface area contributed by atoms with Crippen molar-refractivity contribution in [1.29, 1.82) is 0 Å². The van der Waals surface area contributed by atoms with Gasteiger partial charge in [0.2, 0.25) is 5.91 Å². The second-order valence-electron chi connectivity index (χ2n) is 5.55. The van der Waals surface area contributed by atoms with Crippen LogP contribution in [0.5, 0.6) is 0 Å². The third-order valence-corrected chi connectivity index (χ3v) is 4.48. The SMILES string of the molecule is C[C@H](NC(=O)CC1(CN)CCC1)c1ccccc1Cl. The van der Waals surface area contributed by atoms with Gasteiger partial charge < -0.3 is 11.1 Å². The maximum absolute atomic E-state index is 12.1. The molecule has 0 radical (unpaired) electrons. The van der Waals surface area contributed by atoms with Crippen molar-refractivity contribution in [3.63, 3.8) is 0 Å². The second kappa shape index (κ2) is 5.93. The van der Waals surface area contributed by atoms with Crippen molar-refractivity contribution in [2.45, 2.75) is 38.6 Å². The quantitative estimate of drug-likeness (QED) is 0.871. The minimum atomic E-state index is -0.0731. The Labute approximate surface area is 119 Å². The summed E-state index contributed by atoms with van der Waals surface area (Å²) in [6.07, 6.45) is 3.84. The summed E-state index contributed by atoms with van der Waals surface area (Å²) < 4.78 is 0. The van der Waals surface area contributed by atoms with Crippen LogP contribution in [0.1, 0.15) is 44.2 Å². The lowest BCUT2D eigenvalue weighted by Gasteiger charge is -2.40. The number of rotatable bonds is 5. The second-order valence-corrected chi connectivity index (χ2v) is 5.95. The normalized spacial score (nSPS) is 18.5. The van der Waals surface area contributed by atoms with Gasteiger partial charge in [-0.2, -0.15) is 0 Å². The molecule has 3 N–H and O–H groups in total. The molecular weight excluding hydrogens is 260 g/mol. The minimum absolute atomic E-state index is 0.0459. The predicted octanol–water partition coefficient (Wildman–Crippen LogP) is 3.04. The molecule has 0 aliphatic heterocycles. The Kier molecular flexibility index (Phi) is 4.48. The smallest absolute Gasteiger partial charge is 0.221 e. The molecule has 0 heterocycles. The highest BCUT2D eigenvalue weighted by Crippen LogP contribution is 2.42. The number of carbonyl (C=O) groups is 1. The number of hydrogen-bond donors (Lipinski definition) is 2. The van der Waals surface area contributed by atoms with Crippen LogP contribution in [0.15, 0.2) is 24.3 Å². The first kappa shape index (κ1) is 14.4. The molecule has 3 nitrogen and oxygen atoms in total. The Hall–Kier alpha value is -1.06. The summed E-state index contributed by atoms with van der Waals surface area (Å²) in [6, 6.07) is 7.52. The highest BCUT2D eigenvalue weighted by Gasteiger charge is 2.37. The van der Waals surface area contributed by atoms with Crippen molar-refractivity contribution in [2.24, 2.45) is 11.1 Å². The van der Waals surface area contributed by atoms with Gasteiger partial charge in [-0.1, -0.05) is 36.2 Å². The van der Waals surface area contributed by atoms with E-state index in [0.29, 0.717) is 18.0 Å². The van der Waals surface area contributed by atoms with E-state index in [4.69, 9.17) is 17.3 Å². The van der Waals surface area contributed by atoms with Gasteiger partial charge in [-0.15, -0.1) is 0 Å². The Balaban J connectivity index is 1.94. The van der Waals surface area contributed by atoms with E-state index in [1.165, 1.54) is 6.42 Å². The standard InChI is InChI=1S/C15H21ClN2O/c1-11(12-5-2-3-6-13(12)16)18-14(19)9-15(10-17)7-4-8-15/h2-3,5-6,11H,4,7-10,17H2,1H3,(H,18,19)/t11-/m0/s1. The first-order chi connectivity index (χ1) is 9.06. The Morgan fingerprint density at radius 2 is 2.16 bits per heavy atom. The van der Waals surface area contributed by atoms with Crippen LogP contribution in [0.4, 0.5) is 0 Å². The summed E-state index contributed by atoms with van der Waals surface area (Å²) in [5, 5.41) is 3.70. The van der Waals surface area contributed by atoms with Crippen molar-refractivity contribution < 1.29 is 4.79 Å². The Bertz CT molecular complexity index is 452. The molecule has 0 bridgehead atoms. The predicted molar refractivity (Wildman–Crippen MR) is 78.0 cm³/mol. The molecule has 1 atom stereocenters. The number of benzene rings is 1. The van der Waals surface area contributed by atoms with Crippen molar-refractivity contribution in [3.05, 3.63) is 34.9 Å². The summed E-state index contributed by atoms with van der Waals surface area (Å²) in [6.45, 7) is 2.55. The molecular formula is C15H21ClN2O. The van der Waals surface area contributed by atoms with Crippen LogP contribution >= 0.6 is 11.6 Å². The van der Waals surface area contributed by atoms with Crippen molar-refractivity contribution in [2.75, 3.05) is 6.54 Å². The van der Waals surface area contributed by atoms with E-state index >= 15 is 0 Å². The fraction of sp³-hybridized carbons (Fsp3) is 0.533. The monoisotopic (exact) mass is 280 g/mol. The zero-order valence-corrected chi connectivity index (χ0v) is 12.0. The number of nitrogens with two attached hydrogens (primary N) is 1. The molecule has 1 aromatic rings. The fourth-order valence-electron chi connectivity index (χ4n) is 2.67. The topological polar surface area (TPSA) is 55.1 Å². The molecule has 0 spiro atoms. The molecule has 1 aliphatic carbocycles. The van der Waals surface area contributed by atoms with E-state index in [1.54, 1.807) is 0 Å². The Morgan fingerprint density at radius 1 is 1.47 bits per heavy atom. The summed E-state index contributed by atoms with van der Waals surface area (Å²) >= 11 is 6.13. The van der Waals surface area contributed by atoms with E-state index in [0.717, 1.165) is 18.4 Å². The summed E-state index contributed by atoms with van der Waals surface area (Å²) in [5.74, 6) is 0.0672. The van der Waals surface area contributed by atoms with Gasteiger partial charge in [0, 0.05) is 11.4 Å². The molecule has 2 rings (SSSR count). The van der Waals surface area contributed by atoms with Gasteiger partial charge in [0.25, 0.3) is 0 Å². The maximum atomic E-state index is 12.1. The van der Waals surface area contributed by atoms with Crippen LogP contribution in [0.25, 0.3) is 0 Å². The molecule has 19 heavy (non-hydrogen) atoms. The zero-order valence-electron chi connectivity index (χ0n) is 11.3. The third kappa shape index (κ3) is 3.28. The molecule has 1 aromatic carbocycles. The molecule has 1 saturated carbocycles. The van der Waals surface area contributed by atoms with Crippen molar-refractivity contribution in [1.82, 2.24) is 5.32 Å². The number of carbonyl (C=O) groups excluding carboxylic acids is 1. The van der Waals surface area contributed by atoms with Crippen LogP contribution in [0, 0.1) is 5.41 Å². The number of halogens is 1. The largest absolute Gasteiger partial charge is 0.350 e. The summed E-state index contributed by atoms with van der Waals surface area (Å²) in [7, 11) is 0. The van der Waals surface area contributed by atoms with E-state index in [-0.39, 0.29) is 17.4 Å². The Morgan fingerprint density at radius 3 is 2.68 bits per heavy atom.